The van der Waals surface area contributed by atoms with Gasteiger partial charge in [0, 0.05) is 12.4 Å². The highest BCUT2D eigenvalue weighted by molar-refractivity contribution is 5.15. The van der Waals surface area contributed by atoms with Gasteiger partial charge in [-0.3, -0.25) is 0 Å². The summed E-state index contributed by atoms with van der Waals surface area (Å²) in [6.07, 6.45) is 4.51. The molecule has 0 saturated heterocycles. The van der Waals surface area contributed by atoms with Crippen molar-refractivity contribution in [2.24, 2.45) is 0 Å². The minimum atomic E-state index is 0.238. The van der Waals surface area contributed by atoms with Gasteiger partial charge in [-0.15, -0.1) is 0 Å². The van der Waals surface area contributed by atoms with E-state index in [4.69, 9.17) is 5.26 Å². The minimum absolute atomic E-state index is 0.238. The SMILES string of the molecule is CCC(C)c1cnc(C#N)nc1. The minimum Gasteiger partial charge on any atom is -0.227 e. The smallest absolute Gasteiger partial charge is 0.227 e. The van der Waals surface area contributed by atoms with E-state index in [1.54, 1.807) is 12.4 Å². The zero-order chi connectivity index (χ0) is 8.97. The predicted molar refractivity (Wildman–Crippen MR) is 45.5 cm³/mol. The molecule has 1 heterocycles. The van der Waals surface area contributed by atoms with Crippen molar-refractivity contribution in [2.45, 2.75) is 26.2 Å². The molecular weight excluding hydrogens is 150 g/mol. The standard InChI is InChI=1S/C9H11N3/c1-3-7(2)8-5-11-9(4-10)12-6-8/h5-7H,3H2,1-2H3. The first kappa shape index (κ1) is 8.66. The van der Waals surface area contributed by atoms with Gasteiger partial charge in [0.25, 0.3) is 0 Å². The van der Waals surface area contributed by atoms with E-state index in [1.165, 1.54) is 0 Å². The normalized spacial score (nSPS) is 12.1. The van der Waals surface area contributed by atoms with Crippen molar-refractivity contribution in [3.8, 4) is 6.07 Å². The number of aromatic nitrogens is 2. The van der Waals surface area contributed by atoms with E-state index in [0.717, 1.165) is 12.0 Å². The highest BCUT2D eigenvalue weighted by Gasteiger charge is 2.03. The van der Waals surface area contributed by atoms with Crippen LogP contribution in [0.4, 0.5) is 0 Å². The van der Waals surface area contributed by atoms with Crippen LogP contribution in [0.5, 0.6) is 0 Å². The van der Waals surface area contributed by atoms with Gasteiger partial charge in [0.05, 0.1) is 0 Å². The van der Waals surface area contributed by atoms with Crippen LogP contribution in [0.3, 0.4) is 0 Å². The fourth-order valence-corrected chi connectivity index (χ4v) is 0.886. The van der Waals surface area contributed by atoms with Crippen molar-refractivity contribution in [1.29, 1.82) is 5.26 Å². The second-order valence-electron chi connectivity index (χ2n) is 2.76. The molecule has 3 heteroatoms. The second-order valence-corrected chi connectivity index (χ2v) is 2.76. The summed E-state index contributed by atoms with van der Waals surface area (Å²) in [6, 6.07) is 1.89. The molecule has 1 aromatic heterocycles. The van der Waals surface area contributed by atoms with E-state index >= 15 is 0 Å². The largest absolute Gasteiger partial charge is 0.232 e. The Morgan fingerprint density at radius 1 is 1.50 bits per heavy atom. The molecule has 1 unspecified atom stereocenters. The highest BCUT2D eigenvalue weighted by atomic mass is 14.9. The summed E-state index contributed by atoms with van der Waals surface area (Å²) in [6.45, 7) is 4.23. The van der Waals surface area contributed by atoms with E-state index in [1.807, 2.05) is 6.07 Å². The molecule has 12 heavy (non-hydrogen) atoms. The molecule has 0 fully saturated rings. The van der Waals surface area contributed by atoms with Gasteiger partial charge in [-0.2, -0.15) is 5.26 Å². The third-order valence-corrected chi connectivity index (χ3v) is 1.95. The van der Waals surface area contributed by atoms with Crippen molar-refractivity contribution in [1.82, 2.24) is 9.97 Å². The van der Waals surface area contributed by atoms with Crippen molar-refractivity contribution in [3.05, 3.63) is 23.8 Å². The van der Waals surface area contributed by atoms with Gasteiger partial charge in [0.1, 0.15) is 6.07 Å². The van der Waals surface area contributed by atoms with Crippen LogP contribution in [0, 0.1) is 11.3 Å². The fraction of sp³-hybridized carbons (Fsp3) is 0.444. The van der Waals surface area contributed by atoms with Crippen LogP contribution in [0.25, 0.3) is 0 Å². The molecule has 0 aliphatic rings. The van der Waals surface area contributed by atoms with Crippen molar-refractivity contribution in [3.63, 3.8) is 0 Å². The second kappa shape index (κ2) is 3.82. The Kier molecular flexibility index (Phi) is 2.76. The number of nitrogens with zero attached hydrogens (tertiary/aromatic N) is 3. The maximum Gasteiger partial charge on any atom is 0.232 e. The number of nitriles is 1. The van der Waals surface area contributed by atoms with E-state index in [9.17, 15) is 0 Å². The zero-order valence-corrected chi connectivity index (χ0v) is 7.28. The Balaban J connectivity index is 2.86. The molecular formula is C9H11N3. The van der Waals surface area contributed by atoms with Gasteiger partial charge < -0.3 is 0 Å². The van der Waals surface area contributed by atoms with Crippen molar-refractivity contribution in [2.75, 3.05) is 0 Å². The zero-order valence-electron chi connectivity index (χ0n) is 7.28. The molecule has 3 nitrogen and oxygen atoms in total. The van der Waals surface area contributed by atoms with E-state index in [0.29, 0.717) is 5.92 Å². The Bertz CT molecular complexity index is 284. The molecule has 1 rings (SSSR count). The fourth-order valence-electron chi connectivity index (χ4n) is 0.886. The van der Waals surface area contributed by atoms with Crippen molar-refractivity contribution < 1.29 is 0 Å². The first-order valence-electron chi connectivity index (χ1n) is 4.00. The lowest BCUT2D eigenvalue weighted by Crippen LogP contribution is -1.95. The lowest BCUT2D eigenvalue weighted by atomic mass is 10.0. The van der Waals surface area contributed by atoms with Gasteiger partial charge >= 0.3 is 0 Å². The first-order chi connectivity index (χ1) is 5.77. The lowest BCUT2D eigenvalue weighted by molar-refractivity contribution is 0.723. The average Bonchev–Trinajstić information content (AvgIpc) is 2.17. The lowest BCUT2D eigenvalue weighted by Gasteiger charge is -2.05. The van der Waals surface area contributed by atoms with Crippen LogP contribution in [-0.2, 0) is 0 Å². The van der Waals surface area contributed by atoms with E-state index in [-0.39, 0.29) is 5.82 Å². The first-order valence-corrected chi connectivity index (χ1v) is 4.00. The van der Waals surface area contributed by atoms with E-state index in [2.05, 4.69) is 23.8 Å². The number of hydrogen-bond acceptors (Lipinski definition) is 3. The maximum absolute atomic E-state index is 8.45. The summed E-state index contributed by atoms with van der Waals surface area (Å²) in [5.74, 6) is 0.708. The van der Waals surface area contributed by atoms with E-state index < -0.39 is 0 Å². The van der Waals surface area contributed by atoms with Crippen LogP contribution in [-0.4, -0.2) is 9.97 Å². The molecule has 1 atom stereocenters. The number of rotatable bonds is 2. The topological polar surface area (TPSA) is 49.6 Å². The molecule has 0 saturated carbocycles. The summed E-state index contributed by atoms with van der Waals surface area (Å²) < 4.78 is 0. The molecule has 0 N–H and O–H groups in total. The molecule has 0 radical (unpaired) electrons. The summed E-state index contributed by atoms with van der Waals surface area (Å²) >= 11 is 0. The predicted octanol–water partition coefficient (Wildman–Crippen LogP) is 1.86. The van der Waals surface area contributed by atoms with Gasteiger partial charge in [0.2, 0.25) is 5.82 Å². The molecule has 62 valence electrons. The van der Waals surface area contributed by atoms with Crippen LogP contribution < -0.4 is 0 Å². The summed E-state index contributed by atoms with van der Waals surface area (Å²) in [7, 11) is 0. The maximum atomic E-state index is 8.45. The molecule has 0 bridgehead atoms. The quantitative estimate of drug-likeness (QED) is 0.665. The van der Waals surface area contributed by atoms with Crippen molar-refractivity contribution >= 4 is 0 Å². The highest BCUT2D eigenvalue weighted by Crippen LogP contribution is 2.15. The summed E-state index contributed by atoms with van der Waals surface area (Å²) in [5.41, 5.74) is 1.09. The van der Waals surface area contributed by atoms with Gasteiger partial charge in [-0.25, -0.2) is 9.97 Å². The Hall–Kier alpha value is -1.43. The molecule has 1 aromatic rings. The molecule has 0 aliphatic heterocycles. The molecule has 0 aromatic carbocycles. The number of hydrogen-bond donors (Lipinski definition) is 0. The summed E-state index contributed by atoms with van der Waals surface area (Å²) in [4.78, 5) is 7.79. The Morgan fingerprint density at radius 3 is 2.50 bits per heavy atom. The monoisotopic (exact) mass is 161 g/mol. The third kappa shape index (κ3) is 1.79. The summed E-state index contributed by atoms with van der Waals surface area (Å²) in [5, 5.41) is 8.45. The van der Waals surface area contributed by atoms with Gasteiger partial charge in [-0.1, -0.05) is 13.8 Å². The molecule has 0 spiro atoms. The third-order valence-electron chi connectivity index (χ3n) is 1.95. The van der Waals surface area contributed by atoms with Crippen LogP contribution in [0.2, 0.25) is 0 Å². The Labute approximate surface area is 72.1 Å². The molecule has 0 aliphatic carbocycles. The Morgan fingerprint density at radius 2 is 2.08 bits per heavy atom. The molecule has 0 amide bonds. The van der Waals surface area contributed by atoms with Gasteiger partial charge in [0.15, 0.2) is 0 Å². The average molecular weight is 161 g/mol. The van der Waals surface area contributed by atoms with Crippen LogP contribution >= 0.6 is 0 Å². The van der Waals surface area contributed by atoms with Crippen LogP contribution in [0.15, 0.2) is 12.4 Å². The van der Waals surface area contributed by atoms with Crippen LogP contribution in [0.1, 0.15) is 37.6 Å². The van der Waals surface area contributed by atoms with Gasteiger partial charge in [-0.05, 0) is 17.9 Å².